The van der Waals surface area contributed by atoms with E-state index in [4.69, 9.17) is 12.2 Å². The summed E-state index contributed by atoms with van der Waals surface area (Å²) >= 11 is 14.4. The van der Waals surface area contributed by atoms with Crippen LogP contribution in [0.2, 0.25) is 0 Å². The van der Waals surface area contributed by atoms with E-state index in [1.54, 1.807) is 0 Å². The number of amides is 1. The number of nitrogens with one attached hydrogen (secondary N) is 2. The van der Waals surface area contributed by atoms with E-state index in [1.165, 1.54) is 25.0 Å². The number of anilines is 1. The van der Waals surface area contributed by atoms with E-state index >= 15 is 0 Å². The number of allylic oxidation sites excluding steroid dienone is 1. The highest BCUT2D eigenvalue weighted by Crippen LogP contribution is 2.39. The quantitative estimate of drug-likeness (QED) is 0.139. The second-order valence-electron chi connectivity index (χ2n) is 22.8. The van der Waals surface area contributed by atoms with E-state index in [0.29, 0.717) is 5.41 Å². The van der Waals surface area contributed by atoms with E-state index in [0.717, 1.165) is 80.2 Å². The minimum atomic E-state index is -0.0297. The van der Waals surface area contributed by atoms with E-state index in [9.17, 15) is 4.79 Å². The van der Waals surface area contributed by atoms with Crippen LogP contribution in [0.1, 0.15) is 163 Å². The molecular formula is C57H91N7OS3. The monoisotopic (exact) mass is 986 g/mol. The maximum absolute atomic E-state index is 12.4. The van der Waals surface area contributed by atoms with Gasteiger partial charge in [-0.3, -0.25) is 4.79 Å². The van der Waals surface area contributed by atoms with Crippen LogP contribution < -0.4 is 10.6 Å². The van der Waals surface area contributed by atoms with Gasteiger partial charge in [-0.1, -0.05) is 123 Å². The van der Waals surface area contributed by atoms with Crippen LogP contribution in [0.15, 0.2) is 106 Å². The van der Waals surface area contributed by atoms with Crippen molar-refractivity contribution in [1.82, 2.24) is 20.0 Å². The van der Waals surface area contributed by atoms with E-state index in [1.807, 2.05) is 60.7 Å². The Hall–Kier alpha value is -3.98. The van der Waals surface area contributed by atoms with Crippen molar-refractivity contribution in [3.63, 3.8) is 0 Å². The van der Waals surface area contributed by atoms with Crippen LogP contribution in [0.3, 0.4) is 0 Å². The van der Waals surface area contributed by atoms with Crippen molar-refractivity contribution in [3.8, 4) is 0 Å². The predicted octanol–water partition coefficient (Wildman–Crippen LogP) is 15.5. The average Bonchev–Trinajstić information content (AvgIpc) is 3.24. The highest BCUT2D eigenvalue weighted by molar-refractivity contribution is 7.81. The van der Waals surface area contributed by atoms with Gasteiger partial charge in [0.2, 0.25) is 5.91 Å². The lowest BCUT2D eigenvalue weighted by molar-refractivity contribution is -0.118. The fourth-order valence-electron chi connectivity index (χ4n) is 7.10. The van der Waals surface area contributed by atoms with Crippen LogP contribution in [0.5, 0.6) is 0 Å². The fourth-order valence-corrected chi connectivity index (χ4v) is 7.74. The van der Waals surface area contributed by atoms with Crippen molar-refractivity contribution in [2.24, 2.45) is 26.2 Å². The van der Waals surface area contributed by atoms with Crippen LogP contribution >= 0.6 is 36.7 Å². The normalized spacial score (nSPS) is 16.8. The lowest BCUT2D eigenvalue weighted by Crippen LogP contribution is -2.45. The molecule has 8 nitrogen and oxygen atoms in total. The summed E-state index contributed by atoms with van der Waals surface area (Å²) in [5, 5.41) is 11.0. The summed E-state index contributed by atoms with van der Waals surface area (Å²) < 4.78 is 0. The molecule has 0 bridgehead atoms. The molecule has 5 rings (SSSR count). The largest absolute Gasteiger partial charge is 0.373 e. The third-order valence-electron chi connectivity index (χ3n) is 12.2. The number of nitrogens with zero attached hydrogens (tertiary/aromatic N) is 5. The molecule has 0 radical (unpaired) electrons. The first-order valence-corrected chi connectivity index (χ1v) is 26.0. The standard InChI is InChI=1S/C18H26N2S.C16H30N2O.C11H21N.C7H5NS.C5H9NS/c1-17(2,3)20-12-11-18(4,5)15(13-20)16(21)19-14-9-7-6-8-10-14;1-7-8-10-17-14(19)13-12-18(15(2,3)4)11-9-16(13,5)6;1-10(2,3)12-8-6-11(4,5)7-9-12;9-6-8-7-4-2-1-3-5-7;1-2-3-4-6-5-7/h6-10,13H,11-12H2,1-5H3,(H,19,21);12H,7-11H2,1-6H3,(H,17,19);6,8H,7,9H2,1-5H3;1-5H;2-4H2,1H3. The van der Waals surface area contributed by atoms with Gasteiger partial charge in [-0.25, -0.2) is 4.99 Å². The minimum absolute atomic E-state index is 0.0297. The minimum Gasteiger partial charge on any atom is -0.373 e. The molecular weight excluding hydrogens is 895 g/mol. The Morgan fingerprint density at radius 2 is 1.13 bits per heavy atom. The molecule has 11 heteroatoms. The summed E-state index contributed by atoms with van der Waals surface area (Å²) in [5.74, 6) is 0.104. The van der Waals surface area contributed by atoms with Crippen LogP contribution in [0, 0.1) is 16.2 Å². The number of carbonyl (C=O) groups excluding carboxylic acids is 1. The van der Waals surface area contributed by atoms with Crippen LogP contribution in [-0.4, -0.2) is 85.3 Å². The van der Waals surface area contributed by atoms with Gasteiger partial charge in [0.1, 0.15) is 4.99 Å². The van der Waals surface area contributed by atoms with Crippen molar-refractivity contribution in [2.75, 3.05) is 38.0 Å². The number of unbranched alkanes of at least 4 members (excludes halogenated alkanes) is 2. The zero-order valence-electron chi connectivity index (χ0n) is 45.4. The molecule has 0 atom stereocenters. The maximum Gasteiger partial charge on any atom is 0.249 e. The highest BCUT2D eigenvalue weighted by atomic mass is 32.1. The van der Waals surface area contributed by atoms with Gasteiger partial charge in [0.25, 0.3) is 0 Å². The summed E-state index contributed by atoms with van der Waals surface area (Å²) in [6, 6.07) is 19.6. The number of benzene rings is 2. The van der Waals surface area contributed by atoms with Gasteiger partial charge < -0.3 is 25.3 Å². The Morgan fingerprint density at radius 1 is 0.662 bits per heavy atom. The average molecular weight is 987 g/mol. The molecule has 3 aliphatic heterocycles. The number of hydrogen-bond donors (Lipinski definition) is 2. The van der Waals surface area contributed by atoms with Gasteiger partial charge in [0.05, 0.1) is 16.0 Å². The smallest absolute Gasteiger partial charge is 0.249 e. The number of isothiocyanates is 2. The summed E-state index contributed by atoms with van der Waals surface area (Å²) in [6.07, 6.45) is 16.8. The van der Waals surface area contributed by atoms with E-state index in [-0.39, 0.29) is 33.4 Å². The van der Waals surface area contributed by atoms with Gasteiger partial charge in [0.15, 0.2) is 0 Å². The second kappa shape index (κ2) is 29.3. The van der Waals surface area contributed by atoms with Gasteiger partial charge in [-0.2, -0.15) is 4.99 Å². The lowest BCUT2D eigenvalue weighted by Gasteiger charge is -2.44. The molecule has 68 heavy (non-hydrogen) atoms. The Balaban J connectivity index is 0.000000449. The van der Waals surface area contributed by atoms with E-state index in [2.05, 4.69) is 212 Å². The molecule has 0 saturated carbocycles. The molecule has 3 heterocycles. The summed E-state index contributed by atoms with van der Waals surface area (Å²) in [7, 11) is 0. The molecule has 2 aromatic carbocycles. The topological polar surface area (TPSA) is 75.6 Å². The Labute approximate surface area is 431 Å². The third kappa shape index (κ3) is 24.0. The second-order valence-corrected chi connectivity index (χ2v) is 23.6. The number of aliphatic imine (C=N–C) groups is 2. The molecule has 0 aliphatic carbocycles. The summed E-state index contributed by atoms with van der Waals surface area (Å²) in [6.45, 7) is 42.7. The Kier molecular flexibility index (Phi) is 26.7. The number of hydrogen-bond acceptors (Lipinski definition) is 9. The highest BCUT2D eigenvalue weighted by Gasteiger charge is 2.36. The number of carbonyl (C=O) groups is 1. The maximum atomic E-state index is 12.4. The molecule has 2 aromatic rings. The number of rotatable bonds is 10. The zero-order valence-corrected chi connectivity index (χ0v) is 47.9. The van der Waals surface area contributed by atoms with Crippen LogP contribution in [0.25, 0.3) is 0 Å². The van der Waals surface area contributed by atoms with Gasteiger partial charge in [-0.05, 0) is 166 Å². The molecule has 0 fully saturated rings. The summed E-state index contributed by atoms with van der Waals surface area (Å²) in [4.78, 5) is 27.8. The van der Waals surface area contributed by atoms with Gasteiger partial charge in [-0.15, -0.1) is 0 Å². The molecule has 378 valence electrons. The predicted molar refractivity (Wildman–Crippen MR) is 306 cm³/mol. The molecule has 0 spiro atoms. The number of thiocarbonyl (C=S) groups is 3. The van der Waals surface area contributed by atoms with Gasteiger partial charge in [0, 0.05) is 78.6 Å². The van der Waals surface area contributed by atoms with Crippen molar-refractivity contribution in [2.45, 2.75) is 179 Å². The van der Waals surface area contributed by atoms with Crippen LogP contribution in [0.4, 0.5) is 11.4 Å². The van der Waals surface area contributed by atoms with Crippen molar-refractivity contribution in [1.29, 1.82) is 0 Å². The summed E-state index contributed by atoms with van der Waals surface area (Å²) in [5.41, 5.74) is 5.02. The molecule has 0 unspecified atom stereocenters. The molecule has 3 aliphatic rings. The molecule has 0 saturated heterocycles. The molecule has 1 amide bonds. The Bertz CT molecular complexity index is 2010. The van der Waals surface area contributed by atoms with Crippen molar-refractivity contribution >= 4 is 69.2 Å². The first kappa shape index (κ1) is 62.0. The Morgan fingerprint density at radius 3 is 1.57 bits per heavy atom. The van der Waals surface area contributed by atoms with Crippen molar-refractivity contribution < 1.29 is 4.79 Å². The lowest BCUT2D eigenvalue weighted by atomic mass is 9.78. The van der Waals surface area contributed by atoms with E-state index < -0.39 is 0 Å². The van der Waals surface area contributed by atoms with Crippen molar-refractivity contribution in [3.05, 3.63) is 96.5 Å². The zero-order chi connectivity index (χ0) is 51.8. The third-order valence-corrected chi connectivity index (χ3v) is 12.8. The molecule has 2 N–H and O–H groups in total. The fraction of sp³-hybridized carbons (Fsp3) is 0.614. The first-order valence-electron chi connectivity index (χ1n) is 24.8. The number of para-hydroxylation sites is 2. The molecule has 0 aromatic heterocycles. The SMILES string of the molecule is CC1(C)C=CN(C(C)(C)C)CC1.CC1(C)CCN(C(C)(C)C)C=C1C(=S)Nc1ccccc1.CCCCN=C=S.CCCCNC(=O)C1=CN(C(C)(C)C)CCC1(C)C.S=C=Nc1ccccc1. The first-order chi connectivity index (χ1) is 31.5. The van der Waals surface area contributed by atoms with Crippen LogP contribution in [-0.2, 0) is 4.79 Å². The van der Waals surface area contributed by atoms with Gasteiger partial charge >= 0.3 is 0 Å².